The SMILES string of the molecule is c1ccc(-c2ccc(-c3cc4ccccc4cn3)c3sc4ccccc4c23)cc1. The van der Waals surface area contributed by atoms with Crippen LogP contribution in [0.25, 0.3) is 53.3 Å². The molecule has 0 bridgehead atoms. The summed E-state index contributed by atoms with van der Waals surface area (Å²) in [4.78, 5) is 4.81. The Morgan fingerprint density at radius 1 is 0.621 bits per heavy atom. The van der Waals surface area contributed by atoms with Gasteiger partial charge in [0.25, 0.3) is 0 Å². The molecule has 1 nitrogen and oxygen atoms in total. The maximum atomic E-state index is 4.81. The van der Waals surface area contributed by atoms with Gasteiger partial charge < -0.3 is 0 Å². The summed E-state index contributed by atoms with van der Waals surface area (Å²) >= 11 is 1.86. The lowest BCUT2D eigenvalue weighted by molar-refractivity contribution is 1.37. The maximum Gasteiger partial charge on any atom is 0.0722 e. The van der Waals surface area contributed by atoms with Crippen molar-refractivity contribution in [3.63, 3.8) is 0 Å². The lowest BCUT2D eigenvalue weighted by atomic mass is 9.96. The van der Waals surface area contributed by atoms with Crippen molar-refractivity contribution in [2.75, 3.05) is 0 Å². The molecule has 0 aliphatic rings. The highest BCUT2D eigenvalue weighted by Gasteiger charge is 2.16. The summed E-state index contributed by atoms with van der Waals surface area (Å²) in [7, 11) is 0. The van der Waals surface area contributed by atoms with E-state index in [1.165, 1.54) is 47.6 Å². The topological polar surface area (TPSA) is 12.9 Å². The molecule has 2 heteroatoms. The largest absolute Gasteiger partial charge is 0.256 e. The monoisotopic (exact) mass is 387 g/mol. The minimum atomic E-state index is 1.03. The van der Waals surface area contributed by atoms with E-state index >= 15 is 0 Å². The van der Waals surface area contributed by atoms with E-state index in [1.807, 2.05) is 17.5 Å². The number of aromatic nitrogens is 1. The number of rotatable bonds is 2. The second-order valence-electron chi connectivity index (χ2n) is 7.25. The van der Waals surface area contributed by atoms with Crippen molar-refractivity contribution in [3.05, 3.63) is 103 Å². The highest BCUT2D eigenvalue weighted by molar-refractivity contribution is 7.26. The zero-order valence-electron chi connectivity index (χ0n) is 15.7. The number of benzene rings is 4. The third-order valence-corrected chi connectivity index (χ3v) is 6.72. The van der Waals surface area contributed by atoms with Crippen LogP contribution in [0.4, 0.5) is 0 Å². The molecule has 0 aliphatic heterocycles. The van der Waals surface area contributed by atoms with Crippen molar-refractivity contribution >= 4 is 42.3 Å². The minimum Gasteiger partial charge on any atom is -0.256 e. The fourth-order valence-electron chi connectivity index (χ4n) is 4.12. The van der Waals surface area contributed by atoms with Crippen LogP contribution in [0, 0.1) is 0 Å². The Labute approximate surface area is 172 Å². The minimum absolute atomic E-state index is 1.03. The quantitative estimate of drug-likeness (QED) is 0.294. The van der Waals surface area contributed by atoms with Gasteiger partial charge in [-0.1, -0.05) is 84.9 Å². The summed E-state index contributed by atoms with van der Waals surface area (Å²) in [6.45, 7) is 0. The van der Waals surface area contributed by atoms with E-state index in [-0.39, 0.29) is 0 Å². The Hall–Kier alpha value is -3.49. The van der Waals surface area contributed by atoms with Gasteiger partial charge in [-0.05, 0) is 28.6 Å². The molecule has 6 aromatic rings. The fraction of sp³-hybridized carbons (Fsp3) is 0. The highest BCUT2D eigenvalue weighted by atomic mass is 32.1. The Kier molecular flexibility index (Phi) is 3.71. The second kappa shape index (κ2) is 6.54. The van der Waals surface area contributed by atoms with E-state index in [1.54, 1.807) is 0 Å². The zero-order chi connectivity index (χ0) is 19.2. The molecular formula is C27H17NS. The number of nitrogens with zero attached hydrogens (tertiary/aromatic N) is 1. The molecule has 2 aromatic heterocycles. The summed E-state index contributed by atoms with van der Waals surface area (Å²) in [5, 5.41) is 5.03. The van der Waals surface area contributed by atoms with Crippen LogP contribution in [-0.4, -0.2) is 4.98 Å². The van der Waals surface area contributed by atoms with Gasteiger partial charge in [-0.2, -0.15) is 0 Å². The normalized spacial score (nSPS) is 11.4. The van der Waals surface area contributed by atoms with Crippen LogP contribution in [0.2, 0.25) is 0 Å². The summed E-state index contributed by atoms with van der Waals surface area (Å²) in [6.07, 6.45) is 1.98. The molecule has 0 N–H and O–H groups in total. The summed E-state index contributed by atoms with van der Waals surface area (Å²) in [5.41, 5.74) is 4.76. The molecule has 0 aliphatic carbocycles. The Bertz CT molecular complexity index is 1500. The Balaban J connectivity index is 1.70. The molecule has 2 heterocycles. The van der Waals surface area contributed by atoms with Gasteiger partial charge in [0.2, 0.25) is 0 Å². The van der Waals surface area contributed by atoms with Crippen LogP contribution >= 0.6 is 11.3 Å². The average molecular weight is 388 g/mol. The van der Waals surface area contributed by atoms with E-state index in [2.05, 4.69) is 97.1 Å². The summed E-state index contributed by atoms with van der Waals surface area (Å²) < 4.78 is 2.61. The van der Waals surface area contributed by atoms with Gasteiger partial charge in [-0.3, -0.25) is 4.98 Å². The molecule has 4 aromatic carbocycles. The van der Waals surface area contributed by atoms with Gasteiger partial charge in [-0.15, -0.1) is 11.3 Å². The molecule has 0 atom stereocenters. The van der Waals surface area contributed by atoms with Gasteiger partial charge in [0.1, 0.15) is 0 Å². The van der Waals surface area contributed by atoms with Crippen molar-refractivity contribution < 1.29 is 0 Å². The third kappa shape index (κ3) is 2.65. The fourth-order valence-corrected chi connectivity index (χ4v) is 5.37. The smallest absolute Gasteiger partial charge is 0.0722 e. The molecule has 0 radical (unpaired) electrons. The van der Waals surface area contributed by atoms with Crippen LogP contribution in [0.15, 0.2) is 103 Å². The van der Waals surface area contributed by atoms with Crippen LogP contribution < -0.4 is 0 Å². The number of hydrogen-bond acceptors (Lipinski definition) is 2. The predicted octanol–water partition coefficient (Wildman–Crippen LogP) is 7.94. The molecule has 0 saturated carbocycles. The van der Waals surface area contributed by atoms with E-state index in [4.69, 9.17) is 4.98 Å². The number of fused-ring (bicyclic) bond motifs is 4. The molecule has 6 rings (SSSR count). The van der Waals surface area contributed by atoms with Crippen LogP contribution in [-0.2, 0) is 0 Å². The highest BCUT2D eigenvalue weighted by Crippen LogP contribution is 2.44. The maximum absolute atomic E-state index is 4.81. The first-order chi connectivity index (χ1) is 14.4. The van der Waals surface area contributed by atoms with Crippen molar-refractivity contribution in [2.45, 2.75) is 0 Å². The first kappa shape index (κ1) is 16.5. The van der Waals surface area contributed by atoms with Crippen molar-refractivity contribution in [3.8, 4) is 22.4 Å². The van der Waals surface area contributed by atoms with E-state index in [0.717, 1.165) is 5.69 Å². The number of hydrogen-bond donors (Lipinski definition) is 0. The summed E-state index contributed by atoms with van der Waals surface area (Å²) in [5.74, 6) is 0. The molecule has 0 spiro atoms. The van der Waals surface area contributed by atoms with Crippen LogP contribution in [0.1, 0.15) is 0 Å². The van der Waals surface area contributed by atoms with Gasteiger partial charge in [-0.25, -0.2) is 0 Å². The zero-order valence-corrected chi connectivity index (χ0v) is 16.5. The molecule has 0 fully saturated rings. The average Bonchev–Trinajstić information content (AvgIpc) is 3.18. The first-order valence-corrected chi connectivity index (χ1v) is 10.5. The van der Waals surface area contributed by atoms with E-state index in [9.17, 15) is 0 Å². The second-order valence-corrected chi connectivity index (χ2v) is 8.30. The molecule has 0 unspecified atom stereocenters. The third-order valence-electron chi connectivity index (χ3n) is 5.52. The lowest BCUT2D eigenvalue weighted by Gasteiger charge is -2.09. The standard InChI is InChI=1S/C27H17NS/c1-2-8-18(9-3-1)21-14-15-22(24-16-19-10-4-5-11-20(19)17-28-24)27-26(21)23-12-6-7-13-25(23)29-27/h1-17H. The predicted molar refractivity (Wildman–Crippen MR) is 126 cm³/mol. The molecular weight excluding hydrogens is 370 g/mol. The Morgan fingerprint density at radius 3 is 2.24 bits per heavy atom. The first-order valence-electron chi connectivity index (χ1n) is 9.73. The van der Waals surface area contributed by atoms with Gasteiger partial charge in [0.05, 0.1) is 5.69 Å². The molecule has 136 valence electrons. The lowest BCUT2D eigenvalue weighted by Crippen LogP contribution is -1.86. The molecule has 0 amide bonds. The molecule has 0 saturated heterocycles. The van der Waals surface area contributed by atoms with Gasteiger partial charge in [0.15, 0.2) is 0 Å². The van der Waals surface area contributed by atoms with Crippen molar-refractivity contribution in [1.29, 1.82) is 0 Å². The van der Waals surface area contributed by atoms with Gasteiger partial charge >= 0.3 is 0 Å². The number of pyridine rings is 1. The van der Waals surface area contributed by atoms with Crippen molar-refractivity contribution in [1.82, 2.24) is 4.98 Å². The molecule has 29 heavy (non-hydrogen) atoms. The Morgan fingerprint density at radius 2 is 1.34 bits per heavy atom. The number of thiophene rings is 1. The van der Waals surface area contributed by atoms with Crippen LogP contribution in [0.3, 0.4) is 0 Å². The van der Waals surface area contributed by atoms with E-state index < -0.39 is 0 Å². The van der Waals surface area contributed by atoms with Crippen molar-refractivity contribution in [2.24, 2.45) is 0 Å². The summed E-state index contributed by atoms with van der Waals surface area (Å²) in [6, 6.07) is 34.5. The van der Waals surface area contributed by atoms with E-state index in [0.29, 0.717) is 0 Å². The van der Waals surface area contributed by atoms with Crippen LogP contribution in [0.5, 0.6) is 0 Å². The van der Waals surface area contributed by atoms with Gasteiger partial charge in [0, 0.05) is 37.3 Å².